The Balaban J connectivity index is 1.49. The van der Waals surface area contributed by atoms with E-state index < -0.39 is 32.2 Å². The molecule has 0 saturated carbocycles. The van der Waals surface area contributed by atoms with Crippen LogP contribution in [-0.2, 0) is 30.5 Å². The maximum absolute atomic E-state index is 12.6. The molecule has 0 aliphatic carbocycles. The number of nitrogens with one attached hydrogen (secondary N) is 2. The molecule has 2 aromatic rings. The lowest BCUT2D eigenvalue weighted by atomic mass is 9.98. The van der Waals surface area contributed by atoms with E-state index in [4.69, 9.17) is 4.74 Å². The average molecular weight is 469 g/mol. The second-order valence-corrected chi connectivity index (χ2v) is 11.0. The molecule has 170 valence electrons. The molecule has 0 amide bonds. The lowest BCUT2D eigenvalue weighted by Gasteiger charge is -2.36. The number of benzene rings is 2. The lowest BCUT2D eigenvalue weighted by Crippen LogP contribution is -2.51. The minimum atomic E-state index is -3.72. The van der Waals surface area contributed by atoms with Crippen molar-refractivity contribution < 1.29 is 26.7 Å². The van der Waals surface area contributed by atoms with Gasteiger partial charge in [-0.05, 0) is 37.0 Å². The molecular weight excluding hydrogens is 440 g/mol. The van der Waals surface area contributed by atoms with E-state index in [-0.39, 0.29) is 29.9 Å². The van der Waals surface area contributed by atoms with Crippen molar-refractivity contribution in [2.45, 2.75) is 48.2 Å². The van der Waals surface area contributed by atoms with Crippen LogP contribution in [0.1, 0.15) is 24.8 Å². The summed E-state index contributed by atoms with van der Waals surface area (Å²) in [6.07, 6.45) is 0.507. The zero-order valence-electron chi connectivity index (χ0n) is 17.1. The summed E-state index contributed by atoms with van der Waals surface area (Å²) in [5.74, 6) is -0.0953. The number of sulfonamides is 2. The van der Waals surface area contributed by atoms with Crippen molar-refractivity contribution in [2.75, 3.05) is 13.2 Å². The predicted molar refractivity (Wildman–Crippen MR) is 117 cm³/mol. The fourth-order valence-corrected chi connectivity index (χ4v) is 6.05. The summed E-state index contributed by atoms with van der Waals surface area (Å²) in [6.45, 7) is -0.128. The first-order valence-corrected chi connectivity index (χ1v) is 13.3. The van der Waals surface area contributed by atoms with Crippen LogP contribution >= 0.6 is 0 Å². The standard InChI is InChI=1S/C21H28N2O6S2/c24-15-21-20(23-31(27,28)19-9-5-2-6-10-19)12-11-18(29-21)13-14-22-30(25,26)16-17-7-3-1-4-8-17/h1-10,18,20-24H,11-16H2/t18-,20+,21+/m1/s1. The van der Waals surface area contributed by atoms with Gasteiger partial charge in [-0.3, -0.25) is 0 Å². The van der Waals surface area contributed by atoms with E-state index in [1.54, 1.807) is 42.5 Å². The largest absolute Gasteiger partial charge is 0.394 e. The molecule has 0 aromatic heterocycles. The molecule has 1 saturated heterocycles. The minimum Gasteiger partial charge on any atom is -0.394 e. The first kappa shape index (κ1) is 23.8. The summed E-state index contributed by atoms with van der Waals surface area (Å²) in [7, 11) is -7.19. The number of aliphatic hydroxyl groups excluding tert-OH is 1. The maximum Gasteiger partial charge on any atom is 0.240 e. The molecule has 0 radical (unpaired) electrons. The number of rotatable bonds is 10. The summed E-state index contributed by atoms with van der Waals surface area (Å²) in [5, 5.41) is 9.69. The zero-order chi connectivity index (χ0) is 22.3. The van der Waals surface area contributed by atoms with E-state index in [0.717, 1.165) is 0 Å². The van der Waals surface area contributed by atoms with Crippen LogP contribution < -0.4 is 9.44 Å². The van der Waals surface area contributed by atoms with Crippen LogP contribution in [0.5, 0.6) is 0 Å². The van der Waals surface area contributed by atoms with Gasteiger partial charge in [0.05, 0.1) is 35.5 Å². The fourth-order valence-electron chi connectivity index (χ4n) is 3.57. The monoisotopic (exact) mass is 468 g/mol. The third-order valence-corrected chi connectivity index (χ3v) is 8.01. The molecular formula is C21H28N2O6S2. The Morgan fingerprint density at radius 3 is 2.23 bits per heavy atom. The van der Waals surface area contributed by atoms with E-state index in [2.05, 4.69) is 9.44 Å². The van der Waals surface area contributed by atoms with Gasteiger partial charge in [0, 0.05) is 6.54 Å². The predicted octanol–water partition coefficient (Wildman–Crippen LogP) is 1.38. The Kier molecular flexibility index (Phi) is 8.20. The van der Waals surface area contributed by atoms with Crippen molar-refractivity contribution in [3.8, 4) is 0 Å². The third-order valence-electron chi connectivity index (χ3n) is 5.14. The number of aliphatic hydroxyl groups is 1. The quantitative estimate of drug-likeness (QED) is 0.484. The molecule has 31 heavy (non-hydrogen) atoms. The topological polar surface area (TPSA) is 122 Å². The van der Waals surface area contributed by atoms with Gasteiger partial charge in [0.1, 0.15) is 0 Å². The smallest absolute Gasteiger partial charge is 0.240 e. The Labute approximate surface area is 183 Å². The third kappa shape index (κ3) is 7.09. The molecule has 1 heterocycles. The maximum atomic E-state index is 12.6. The Morgan fingerprint density at radius 2 is 1.58 bits per heavy atom. The van der Waals surface area contributed by atoms with Crippen LogP contribution in [0.25, 0.3) is 0 Å². The highest BCUT2D eigenvalue weighted by Crippen LogP contribution is 2.23. The van der Waals surface area contributed by atoms with E-state index >= 15 is 0 Å². The van der Waals surface area contributed by atoms with E-state index in [1.807, 2.05) is 6.07 Å². The summed E-state index contributed by atoms with van der Waals surface area (Å²) in [4.78, 5) is 0.154. The van der Waals surface area contributed by atoms with Gasteiger partial charge in [0.2, 0.25) is 20.0 Å². The van der Waals surface area contributed by atoms with Crippen molar-refractivity contribution in [3.63, 3.8) is 0 Å². The SMILES string of the molecule is O=S(=O)(Cc1ccccc1)NCC[C@H]1CC[C@H](NS(=O)(=O)c2ccccc2)[C@H](CO)O1. The van der Waals surface area contributed by atoms with E-state index in [9.17, 15) is 21.9 Å². The molecule has 2 aromatic carbocycles. The minimum absolute atomic E-state index is 0.0953. The number of ether oxygens (including phenoxy) is 1. The Bertz CT molecular complexity index is 1030. The van der Waals surface area contributed by atoms with Crippen molar-refractivity contribution in [1.29, 1.82) is 0 Å². The van der Waals surface area contributed by atoms with Gasteiger partial charge in [-0.25, -0.2) is 26.3 Å². The van der Waals surface area contributed by atoms with Gasteiger partial charge in [0.25, 0.3) is 0 Å². The van der Waals surface area contributed by atoms with Gasteiger partial charge < -0.3 is 9.84 Å². The molecule has 1 aliphatic heterocycles. The van der Waals surface area contributed by atoms with Gasteiger partial charge in [-0.1, -0.05) is 48.5 Å². The van der Waals surface area contributed by atoms with Crippen LogP contribution in [0.3, 0.4) is 0 Å². The van der Waals surface area contributed by atoms with Crippen LogP contribution in [0.15, 0.2) is 65.6 Å². The molecule has 1 aliphatic rings. The van der Waals surface area contributed by atoms with E-state index in [0.29, 0.717) is 24.8 Å². The molecule has 0 bridgehead atoms. The molecule has 0 spiro atoms. The molecule has 3 N–H and O–H groups in total. The summed E-state index contributed by atoms with van der Waals surface area (Å²) < 4.78 is 60.6. The van der Waals surface area contributed by atoms with Crippen LogP contribution in [0.2, 0.25) is 0 Å². The molecule has 8 nitrogen and oxygen atoms in total. The zero-order valence-corrected chi connectivity index (χ0v) is 18.7. The van der Waals surface area contributed by atoms with Crippen molar-refractivity contribution >= 4 is 20.0 Å². The molecule has 10 heteroatoms. The van der Waals surface area contributed by atoms with Crippen molar-refractivity contribution in [3.05, 3.63) is 66.2 Å². The first-order valence-electron chi connectivity index (χ1n) is 10.1. The lowest BCUT2D eigenvalue weighted by molar-refractivity contribution is -0.0869. The molecule has 1 fully saturated rings. The normalized spacial score (nSPS) is 22.3. The number of hydrogen-bond donors (Lipinski definition) is 3. The van der Waals surface area contributed by atoms with Crippen LogP contribution in [0.4, 0.5) is 0 Å². The molecule has 3 rings (SSSR count). The first-order chi connectivity index (χ1) is 14.8. The van der Waals surface area contributed by atoms with Gasteiger partial charge in [0.15, 0.2) is 0 Å². The van der Waals surface area contributed by atoms with Gasteiger partial charge >= 0.3 is 0 Å². The summed E-state index contributed by atoms with van der Waals surface area (Å²) in [5.41, 5.74) is 0.706. The van der Waals surface area contributed by atoms with Crippen LogP contribution in [0, 0.1) is 0 Å². The number of hydrogen-bond acceptors (Lipinski definition) is 6. The summed E-state index contributed by atoms with van der Waals surface area (Å²) >= 11 is 0. The van der Waals surface area contributed by atoms with Crippen LogP contribution in [-0.4, -0.2) is 53.3 Å². The van der Waals surface area contributed by atoms with Crippen molar-refractivity contribution in [1.82, 2.24) is 9.44 Å². The Morgan fingerprint density at radius 1 is 0.935 bits per heavy atom. The summed E-state index contributed by atoms with van der Waals surface area (Å²) in [6, 6.07) is 16.4. The highest BCUT2D eigenvalue weighted by molar-refractivity contribution is 7.89. The average Bonchev–Trinajstić information content (AvgIpc) is 2.75. The molecule has 0 unspecified atom stereocenters. The second kappa shape index (κ2) is 10.7. The van der Waals surface area contributed by atoms with Gasteiger partial charge in [-0.15, -0.1) is 0 Å². The van der Waals surface area contributed by atoms with Crippen molar-refractivity contribution in [2.24, 2.45) is 0 Å². The fraction of sp³-hybridized carbons (Fsp3) is 0.429. The van der Waals surface area contributed by atoms with Gasteiger partial charge in [-0.2, -0.15) is 0 Å². The highest BCUT2D eigenvalue weighted by atomic mass is 32.2. The Hall–Kier alpha value is -1.82. The molecule has 3 atom stereocenters. The van der Waals surface area contributed by atoms with E-state index in [1.165, 1.54) is 12.1 Å². The second-order valence-electron chi connectivity index (χ2n) is 7.52. The highest BCUT2D eigenvalue weighted by Gasteiger charge is 2.33.